The first-order valence-electron chi connectivity index (χ1n) is 8.70. The van der Waals surface area contributed by atoms with E-state index in [1.165, 1.54) is 0 Å². The molecule has 1 aromatic carbocycles. The third-order valence-electron chi connectivity index (χ3n) is 4.01. The van der Waals surface area contributed by atoms with Gasteiger partial charge in [0, 0.05) is 18.7 Å². The Hall–Kier alpha value is -2.04. The number of carbonyl (C=O) groups excluding carboxylic acids is 2. The molecule has 1 amide bonds. The van der Waals surface area contributed by atoms with Crippen LogP contribution in [0.4, 0.5) is 0 Å². The molecule has 0 radical (unpaired) electrons. The summed E-state index contributed by atoms with van der Waals surface area (Å²) in [6.07, 6.45) is 1.61. The first-order valence-corrected chi connectivity index (χ1v) is 8.70. The molecular weight excluding hydrogens is 306 g/mol. The number of nitrogens with zero attached hydrogens (tertiary/aromatic N) is 1. The van der Waals surface area contributed by atoms with E-state index in [9.17, 15) is 9.59 Å². The second kappa shape index (κ2) is 8.71. The molecule has 1 atom stereocenters. The van der Waals surface area contributed by atoms with Gasteiger partial charge in [-0.15, -0.1) is 0 Å². The molecule has 1 unspecified atom stereocenters. The molecular formula is C19H27NO4. The Balaban J connectivity index is 1.96. The van der Waals surface area contributed by atoms with Crippen molar-refractivity contribution in [3.05, 3.63) is 29.8 Å². The minimum Gasteiger partial charge on any atom is -0.493 e. The summed E-state index contributed by atoms with van der Waals surface area (Å²) in [5.41, 5.74) is 0.622. The third-order valence-corrected chi connectivity index (χ3v) is 4.01. The quantitative estimate of drug-likeness (QED) is 0.751. The molecule has 5 nitrogen and oxygen atoms in total. The van der Waals surface area contributed by atoms with Crippen molar-refractivity contribution in [2.75, 3.05) is 26.3 Å². The maximum absolute atomic E-state index is 12.6. The van der Waals surface area contributed by atoms with E-state index in [0.717, 1.165) is 18.6 Å². The molecule has 0 N–H and O–H groups in total. The van der Waals surface area contributed by atoms with Crippen LogP contribution >= 0.6 is 0 Å². The summed E-state index contributed by atoms with van der Waals surface area (Å²) < 4.78 is 10.7. The smallest absolute Gasteiger partial charge is 0.310 e. The Labute approximate surface area is 143 Å². The molecule has 0 aromatic heterocycles. The molecule has 0 bridgehead atoms. The number of piperidine rings is 1. The highest BCUT2D eigenvalue weighted by molar-refractivity contribution is 5.94. The summed E-state index contributed by atoms with van der Waals surface area (Å²) in [6, 6.07) is 7.21. The molecule has 2 rings (SSSR count). The topological polar surface area (TPSA) is 55.8 Å². The van der Waals surface area contributed by atoms with Gasteiger partial charge in [-0.3, -0.25) is 9.59 Å². The monoisotopic (exact) mass is 333 g/mol. The Bertz CT molecular complexity index is 553. The van der Waals surface area contributed by atoms with E-state index in [-0.39, 0.29) is 17.8 Å². The SMILES string of the molecule is CCOC(=O)C1CCCN(C(=O)c2ccc(OCC(C)C)cc2)C1. The summed E-state index contributed by atoms with van der Waals surface area (Å²) in [5, 5.41) is 0. The van der Waals surface area contributed by atoms with Crippen molar-refractivity contribution in [1.29, 1.82) is 0 Å². The number of carbonyl (C=O) groups is 2. The van der Waals surface area contributed by atoms with Gasteiger partial charge in [0.15, 0.2) is 0 Å². The van der Waals surface area contributed by atoms with Gasteiger partial charge < -0.3 is 14.4 Å². The van der Waals surface area contributed by atoms with Crippen molar-refractivity contribution in [3.8, 4) is 5.75 Å². The van der Waals surface area contributed by atoms with Gasteiger partial charge in [0.25, 0.3) is 5.91 Å². The summed E-state index contributed by atoms with van der Waals surface area (Å²) in [5.74, 6) is 0.769. The van der Waals surface area contributed by atoms with E-state index >= 15 is 0 Å². The van der Waals surface area contributed by atoms with Crippen LogP contribution in [0.3, 0.4) is 0 Å². The number of ether oxygens (including phenoxy) is 2. The number of esters is 1. The molecule has 0 spiro atoms. The van der Waals surface area contributed by atoms with E-state index in [1.54, 1.807) is 24.0 Å². The summed E-state index contributed by atoms with van der Waals surface area (Å²) in [7, 11) is 0. The van der Waals surface area contributed by atoms with Crippen LogP contribution in [-0.4, -0.2) is 43.1 Å². The average Bonchev–Trinajstić information content (AvgIpc) is 2.60. The largest absolute Gasteiger partial charge is 0.493 e. The predicted octanol–water partition coefficient (Wildman–Crippen LogP) is 3.14. The molecule has 1 aromatic rings. The van der Waals surface area contributed by atoms with Gasteiger partial charge in [-0.1, -0.05) is 13.8 Å². The Morgan fingerprint density at radius 3 is 2.58 bits per heavy atom. The van der Waals surface area contributed by atoms with Crippen LogP contribution < -0.4 is 4.74 Å². The minimum atomic E-state index is -0.212. The van der Waals surface area contributed by atoms with E-state index in [1.807, 2.05) is 12.1 Å². The highest BCUT2D eigenvalue weighted by Gasteiger charge is 2.29. The Morgan fingerprint density at radius 2 is 1.96 bits per heavy atom. The van der Waals surface area contributed by atoms with E-state index in [2.05, 4.69) is 13.8 Å². The first kappa shape index (κ1) is 18.3. The lowest BCUT2D eigenvalue weighted by Gasteiger charge is -2.31. The molecule has 5 heteroatoms. The lowest BCUT2D eigenvalue weighted by atomic mass is 9.97. The standard InChI is InChI=1S/C19H27NO4/c1-4-23-19(22)16-6-5-11-20(12-16)18(21)15-7-9-17(10-8-15)24-13-14(2)3/h7-10,14,16H,4-6,11-13H2,1-3H3. The number of hydrogen-bond donors (Lipinski definition) is 0. The zero-order chi connectivity index (χ0) is 17.5. The molecule has 0 saturated carbocycles. The highest BCUT2D eigenvalue weighted by atomic mass is 16.5. The summed E-state index contributed by atoms with van der Waals surface area (Å²) >= 11 is 0. The van der Waals surface area contributed by atoms with Gasteiger partial charge in [-0.05, 0) is 49.9 Å². The summed E-state index contributed by atoms with van der Waals surface area (Å²) in [6.45, 7) is 8.13. The zero-order valence-corrected chi connectivity index (χ0v) is 14.8. The van der Waals surface area contributed by atoms with Crippen molar-refractivity contribution < 1.29 is 19.1 Å². The van der Waals surface area contributed by atoms with Crippen molar-refractivity contribution in [1.82, 2.24) is 4.90 Å². The number of hydrogen-bond acceptors (Lipinski definition) is 4. The lowest BCUT2D eigenvalue weighted by molar-refractivity contribution is -0.149. The van der Waals surface area contributed by atoms with Crippen molar-refractivity contribution in [2.24, 2.45) is 11.8 Å². The fourth-order valence-corrected chi connectivity index (χ4v) is 2.75. The van der Waals surface area contributed by atoms with Gasteiger partial charge in [-0.2, -0.15) is 0 Å². The van der Waals surface area contributed by atoms with E-state index in [4.69, 9.17) is 9.47 Å². The molecule has 24 heavy (non-hydrogen) atoms. The van der Waals surface area contributed by atoms with Crippen molar-refractivity contribution in [2.45, 2.75) is 33.6 Å². The van der Waals surface area contributed by atoms with Gasteiger partial charge in [0.05, 0.1) is 19.1 Å². The molecule has 132 valence electrons. The van der Waals surface area contributed by atoms with Gasteiger partial charge >= 0.3 is 5.97 Å². The number of likely N-dealkylation sites (tertiary alicyclic amines) is 1. The van der Waals surface area contributed by atoms with E-state index < -0.39 is 0 Å². The second-order valence-electron chi connectivity index (χ2n) is 6.57. The predicted molar refractivity (Wildman–Crippen MR) is 92.0 cm³/mol. The molecule has 1 aliphatic heterocycles. The van der Waals surface area contributed by atoms with Gasteiger partial charge in [0.2, 0.25) is 0 Å². The van der Waals surface area contributed by atoms with Gasteiger partial charge in [0.1, 0.15) is 5.75 Å². The molecule has 1 heterocycles. The number of rotatable bonds is 6. The molecule has 1 saturated heterocycles. The molecule has 1 fully saturated rings. The number of amides is 1. The Morgan fingerprint density at radius 1 is 1.25 bits per heavy atom. The normalized spacial score (nSPS) is 17.7. The average molecular weight is 333 g/mol. The van der Waals surface area contributed by atoms with Crippen LogP contribution in [0, 0.1) is 11.8 Å². The zero-order valence-electron chi connectivity index (χ0n) is 14.8. The van der Waals surface area contributed by atoms with Crippen LogP contribution in [-0.2, 0) is 9.53 Å². The van der Waals surface area contributed by atoms with Crippen LogP contribution in [0.1, 0.15) is 44.0 Å². The van der Waals surface area contributed by atoms with E-state index in [0.29, 0.717) is 37.8 Å². The van der Waals surface area contributed by atoms with Crippen LogP contribution in [0.2, 0.25) is 0 Å². The summed E-state index contributed by atoms with van der Waals surface area (Å²) in [4.78, 5) is 26.3. The molecule has 0 aliphatic carbocycles. The second-order valence-corrected chi connectivity index (χ2v) is 6.57. The van der Waals surface area contributed by atoms with Crippen LogP contribution in [0.25, 0.3) is 0 Å². The van der Waals surface area contributed by atoms with Crippen molar-refractivity contribution in [3.63, 3.8) is 0 Å². The number of benzene rings is 1. The fraction of sp³-hybridized carbons (Fsp3) is 0.579. The van der Waals surface area contributed by atoms with Crippen molar-refractivity contribution >= 4 is 11.9 Å². The maximum atomic E-state index is 12.6. The van der Waals surface area contributed by atoms with Crippen LogP contribution in [0.5, 0.6) is 5.75 Å². The Kier molecular flexibility index (Phi) is 6.64. The van der Waals surface area contributed by atoms with Crippen LogP contribution in [0.15, 0.2) is 24.3 Å². The van der Waals surface area contributed by atoms with Gasteiger partial charge in [-0.25, -0.2) is 0 Å². The maximum Gasteiger partial charge on any atom is 0.310 e. The highest BCUT2D eigenvalue weighted by Crippen LogP contribution is 2.21. The minimum absolute atomic E-state index is 0.0422. The first-order chi connectivity index (χ1) is 11.5. The fourth-order valence-electron chi connectivity index (χ4n) is 2.75. The lowest BCUT2D eigenvalue weighted by Crippen LogP contribution is -2.42. The molecule has 1 aliphatic rings. The third kappa shape index (κ3) is 4.98.